The van der Waals surface area contributed by atoms with Crippen molar-refractivity contribution in [3.63, 3.8) is 0 Å². The van der Waals surface area contributed by atoms with E-state index in [9.17, 15) is 4.79 Å². The van der Waals surface area contributed by atoms with E-state index in [1.807, 2.05) is 84.9 Å². The van der Waals surface area contributed by atoms with Crippen molar-refractivity contribution in [1.82, 2.24) is 5.32 Å². The van der Waals surface area contributed by atoms with Crippen LogP contribution < -0.4 is 10.1 Å². The summed E-state index contributed by atoms with van der Waals surface area (Å²) in [5, 5.41) is 3.09. The van der Waals surface area contributed by atoms with Crippen molar-refractivity contribution in [2.45, 2.75) is 6.04 Å². The highest BCUT2D eigenvalue weighted by atomic mass is 16.5. The molecule has 0 aliphatic heterocycles. The van der Waals surface area contributed by atoms with Gasteiger partial charge in [0.1, 0.15) is 5.75 Å². The molecule has 0 heterocycles. The van der Waals surface area contributed by atoms with Crippen molar-refractivity contribution in [1.29, 1.82) is 0 Å². The summed E-state index contributed by atoms with van der Waals surface area (Å²) >= 11 is 0. The highest BCUT2D eigenvalue weighted by molar-refractivity contribution is 5.92. The standard InChI is InChI=1S/C23H21NO2/c1-26-21-14-8-9-18(17-21)15-16-22(25)24-23(19-10-4-2-5-11-19)20-12-6-3-7-13-20/h2-17,23H,1H3,(H,24,25)/b16-15+. The number of carbonyl (C=O) groups is 1. The van der Waals surface area contributed by atoms with Crippen molar-refractivity contribution in [3.05, 3.63) is 108 Å². The molecule has 0 aliphatic rings. The van der Waals surface area contributed by atoms with E-state index in [2.05, 4.69) is 5.32 Å². The van der Waals surface area contributed by atoms with Crippen molar-refractivity contribution < 1.29 is 9.53 Å². The second-order valence-corrected chi connectivity index (χ2v) is 5.87. The average molecular weight is 343 g/mol. The van der Waals surface area contributed by atoms with Crippen molar-refractivity contribution >= 4 is 12.0 Å². The van der Waals surface area contributed by atoms with Crippen LogP contribution in [0.4, 0.5) is 0 Å². The molecular formula is C23H21NO2. The van der Waals surface area contributed by atoms with E-state index in [0.29, 0.717) is 0 Å². The Morgan fingerprint density at radius 1 is 0.885 bits per heavy atom. The Morgan fingerprint density at radius 2 is 1.50 bits per heavy atom. The molecule has 3 aromatic rings. The summed E-state index contributed by atoms with van der Waals surface area (Å²) in [6.07, 6.45) is 3.33. The number of amides is 1. The predicted octanol–water partition coefficient (Wildman–Crippen LogP) is 4.61. The van der Waals surface area contributed by atoms with Gasteiger partial charge in [-0.05, 0) is 34.9 Å². The molecule has 0 saturated carbocycles. The van der Waals surface area contributed by atoms with Gasteiger partial charge in [-0.25, -0.2) is 0 Å². The summed E-state index contributed by atoms with van der Waals surface area (Å²) in [6, 6.07) is 27.3. The lowest BCUT2D eigenvalue weighted by molar-refractivity contribution is -0.116. The lowest BCUT2D eigenvalue weighted by Crippen LogP contribution is -2.27. The normalized spacial score (nSPS) is 10.8. The average Bonchev–Trinajstić information content (AvgIpc) is 2.72. The highest BCUT2D eigenvalue weighted by Gasteiger charge is 2.15. The summed E-state index contributed by atoms with van der Waals surface area (Å²) < 4.78 is 5.21. The lowest BCUT2D eigenvalue weighted by atomic mass is 9.98. The van der Waals surface area contributed by atoms with E-state index in [1.54, 1.807) is 19.3 Å². The molecule has 3 rings (SSSR count). The molecule has 0 atom stereocenters. The van der Waals surface area contributed by atoms with Crippen molar-refractivity contribution in [3.8, 4) is 5.75 Å². The van der Waals surface area contributed by atoms with Crippen LogP contribution in [0.3, 0.4) is 0 Å². The Labute approximate surface area is 154 Å². The van der Waals surface area contributed by atoms with Gasteiger partial charge in [0.25, 0.3) is 0 Å². The number of hydrogen-bond donors (Lipinski definition) is 1. The molecule has 130 valence electrons. The molecule has 0 fully saturated rings. The van der Waals surface area contributed by atoms with Gasteiger partial charge in [0.15, 0.2) is 0 Å². The lowest BCUT2D eigenvalue weighted by Gasteiger charge is -2.19. The second kappa shape index (κ2) is 8.67. The van der Waals surface area contributed by atoms with Gasteiger partial charge >= 0.3 is 0 Å². The van der Waals surface area contributed by atoms with Crippen LogP contribution >= 0.6 is 0 Å². The van der Waals surface area contributed by atoms with Gasteiger partial charge in [-0.15, -0.1) is 0 Å². The number of carbonyl (C=O) groups excluding carboxylic acids is 1. The summed E-state index contributed by atoms with van der Waals surface area (Å²) in [5.41, 5.74) is 3.00. The molecule has 3 heteroatoms. The Morgan fingerprint density at radius 3 is 2.08 bits per heavy atom. The van der Waals surface area contributed by atoms with Crippen LogP contribution in [0.15, 0.2) is 91.0 Å². The molecule has 1 N–H and O–H groups in total. The van der Waals surface area contributed by atoms with Gasteiger partial charge in [-0.3, -0.25) is 4.79 Å². The van der Waals surface area contributed by atoms with Crippen LogP contribution in [0.25, 0.3) is 6.08 Å². The molecule has 3 aromatic carbocycles. The van der Waals surface area contributed by atoms with Gasteiger partial charge in [-0.1, -0.05) is 72.8 Å². The minimum absolute atomic E-state index is 0.148. The Hall–Kier alpha value is -3.33. The van der Waals surface area contributed by atoms with Crippen LogP contribution in [0.5, 0.6) is 5.75 Å². The van der Waals surface area contributed by atoms with E-state index in [1.165, 1.54) is 0 Å². The molecule has 0 bridgehead atoms. The fourth-order valence-electron chi connectivity index (χ4n) is 2.76. The molecule has 0 unspecified atom stereocenters. The number of benzene rings is 3. The fourth-order valence-corrected chi connectivity index (χ4v) is 2.76. The predicted molar refractivity (Wildman–Crippen MR) is 105 cm³/mol. The molecule has 0 aromatic heterocycles. The molecule has 1 amide bonds. The minimum atomic E-state index is -0.195. The Bertz CT molecular complexity index is 833. The highest BCUT2D eigenvalue weighted by Crippen LogP contribution is 2.21. The number of nitrogens with one attached hydrogen (secondary N) is 1. The summed E-state index contributed by atoms with van der Waals surface area (Å²) in [6.45, 7) is 0. The summed E-state index contributed by atoms with van der Waals surface area (Å²) in [7, 11) is 1.62. The third kappa shape index (κ3) is 4.61. The molecular weight excluding hydrogens is 322 g/mol. The Balaban J connectivity index is 1.78. The van der Waals surface area contributed by atoms with Gasteiger partial charge in [-0.2, -0.15) is 0 Å². The number of rotatable bonds is 6. The minimum Gasteiger partial charge on any atom is -0.497 e. The first-order valence-corrected chi connectivity index (χ1v) is 8.49. The molecule has 26 heavy (non-hydrogen) atoms. The molecule has 0 aliphatic carbocycles. The maximum atomic E-state index is 12.5. The van der Waals surface area contributed by atoms with E-state index in [0.717, 1.165) is 22.4 Å². The first-order chi connectivity index (χ1) is 12.8. The van der Waals surface area contributed by atoms with E-state index >= 15 is 0 Å². The van der Waals surface area contributed by atoms with Crippen LogP contribution in [0, 0.1) is 0 Å². The van der Waals surface area contributed by atoms with E-state index in [-0.39, 0.29) is 11.9 Å². The summed E-state index contributed by atoms with van der Waals surface area (Å²) in [4.78, 5) is 12.5. The maximum absolute atomic E-state index is 12.5. The largest absolute Gasteiger partial charge is 0.497 e. The van der Waals surface area contributed by atoms with Gasteiger partial charge in [0.05, 0.1) is 13.2 Å². The van der Waals surface area contributed by atoms with Gasteiger partial charge in [0.2, 0.25) is 5.91 Å². The summed E-state index contributed by atoms with van der Waals surface area (Å²) in [5.74, 6) is 0.615. The molecule has 0 radical (unpaired) electrons. The smallest absolute Gasteiger partial charge is 0.244 e. The third-order valence-electron chi connectivity index (χ3n) is 4.07. The maximum Gasteiger partial charge on any atom is 0.244 e. The van der Waals surface area contributed by atoms with Crippen LogP contribution in [0.2, 0.25) is 0 Å². The first-order valence-electron chi connectivity index (χ1n) is 8.49. The quantitative estimate of drug-likeness (QED) is 0.664. The zero-order chi connectivity index (χ0) is 18.2. The van der Waals surface area contributed by atoms with Gasteiger partial charge < -0.3 is 10.1 Å². The number of hydrogen-bond acceptors (Lipinski definition) is 2. The number of methoxy groups -OCH3 is 1. The fraction of sp³-hybridized carbons (Fsp3) is 0.0870. The zero-order valence-electron chi connectivity index (χ0n) is 14.6. The first kappa shape index (κ1) is 17.5. The molecule has 0 saturated heterocycles. The second-order valence-electron chi connectivity index (χ2n) is 5.87. The van der Waals surface area contributed by atoms with Crippen molar-refractivity contribution in [2.24, 2.45) is 0 Å². The van der Waals surface area contributed by atoms with Crippen molar-refractivity contribution in [2.75, 3.05) is 7.11 Å². The zero-order valence-corrected chi connectivity index (χ0v) is 14.6. The monoisotopic (exact) mass is 343 g/mol. The SMILES string of the molecule is COc1cccc(/C=C/C(=O)NC(c2ccccc2)c2ccccc2)c1. The topological polar surface area (TPSA) is 38.3 Å². The van der Waals surface area contributed by atoms with Crippen LogP contribution in [-0.4, -0.2) is 13.0 Å². The van der Waals surface area contributed by atoms with Crippen LogP contribution in [-0.2, 0) is 4.79 Å². The molecule has 3 nitrogen and oxygen atoms in total. The third-order valence-corrected chi connectivity index (χ3v) is 4.07. The van der Waals surface area contributed by atoms with E-state index in [4.69, 9.17) is 4.74 Å². The number of ether oxygens (including phenoxy) is 1. The van der Waals surface area contributed by atoms with Gasteiger partial charge in [0, 0.05) is 6.08 Å². The molecule has 0 spiro atoms. The van der Waals surface area contributed by atoms with E-state index < -0.39 is 0 Å². The Kier molecular flexibility index (Phi) is 5.84. The van der Waals surface area contributed by atoms with Crippen LogP contribution in [0.1, 0.15) is 22.7 Å².